The van der Waals surface area contributed by atoms with Crippen molar-refractivity contribution in [2.24, 2.45) is 5.92 Å². The van der Waals surface area contributed by atoms with Gasteiger partial charge < -0.3 is 10.0 Å². The third-order valence-electron chi connectivity index (χ3n) is 3.78. The van der Waals surface area contributed by atoms with Crippen LogP contribution in [0.2, 0.25) is 0 Å². The number of carboxylic acids is 1. The van der Waals surface area contributed by atoms with Crippen molar-refractivity contribution in [3.63, 3.8) is 0 Å². The highest BCUT2D eigenvalue weighted by Crippen LogP contribution is 2.17. The monoisotopic (exact) mass is 270 g/mol. The van der Waals surface area contributed by atoms with E-state index in [1.165, 1.54) is 0 Å². The van der Waals surface area contributed by atoms with Gasteiger partial charge in [-0.2, -0.15) is 0 Å². The van der Waals surface area contributed by atoms with Crippen LogP contribution in [0.4, 0.5) is 0 Å². The first kappa shape index (κ1) is 16.0. The largest absolute Gasteiger partial charge is 0.481 e. The van der Waals surface area contributed by atoms with Crippen LogP contribution in [0.3, 0.4) is 0 Å². The summed E-state index contributed by atoms with van der Waals surface area (Å²) in [5.74, 6) is -0.881. The first-order chi connectivity index (χ1) is 8.95. The fraction of sp³-hybridized carbons (Fsp3) is 0.857. The fourth-order valence-corrected chi connectivity index (χ4v) is 2.46. The zero-order valence-corrected chi connectivity index (χ0v) is 12.3. The molecular formula is C14H26N2O3. The molecule has 1 N–H and O–H groups in total. The molecule has 1 rings (SSSR count). The topological polar surface area (TPSA) is 60.9 Å². The third-order valence-corrected chi connectivity index (χ3v) is 3.78. The summed E-state index contributed by atoms with van der Waals surface area (Å²) in [6.45, 7) is 8.83. The van der Waals surface area contributed by atoms with Crippen LogP contribution in [0.25, 0.3) is 0 Å². The Kier molecular flexibility index (Phi) is 6.28. The van der Waals surface area contributed by atoms with Gasteiger partial charge in [0.25, 0.3) is 0 Å². The number of nitrogens with zero attached hydrogens (tertiary/aromatic N) is 2. The van der Waals surface area contributed by atoms with E-state index in [-0.39, 0.29) is 11.8 Å². The zero-order chi connectivity index (χ0) is 14.4. The highest BCUT2D eigenvalue weighted by Gasteiger charge is 2.27. The normalized spacial score (nSPS) is 17.2. The number of hydrogen-bond donors (Lipinski definition) is 1. The third kappa shape index (κ3) is 4.82. The Morgan fingerprint density at radius 3 is 2.32 bits per heavy atom. The molecule has 1 fully saturated rings. The van der Waals surface area contributed by atoms with Crippen LogP contribution in [0.15, 0.2) is 0 Å². The Bertz CT molecular complexity index is 310. The van der Waals surface area contributed by atoms with Crippen LogP contribution in [-0.4, -0.2) is 59.0 Å². The molecule has 110 valence electrons. The molecule has 0 aromatic carbocycles. The van der Waals surface area contributed by atoms with E-state index in [9.17, 15) is 9.59 Å². The SMILES string of the molecule is CCCN(CC(=O)N1CCC(C(=O)O)CC1)C(C)C. The molecule has 0 saturated carbocycles. The van der Waals surface area contributed by atoms with Gasteiger partial charge in [-0.05, 0) is 39.7 Å². The van der Waals surface area contributed by atoms with Gasteiger partial charge in [0, 0.05) is 19.1 Å². The first-order valence-corrected chi connectivity index (χ1v) is 7.20. The summed E-state index contributed by atoms with van der Waals surface area (Å²) in [6.07, 6.45) is 2.19. The Balaban J connectivity index is 2.44. The zero-order valence-electron chi connectivity index (χ0n) is 12.3. The lowest BCUT2D eigenvalue weighted by molar-refractivity contribution is -0.146. The van der Waals surface area contributed by atoms with Gasteiger partial charge in [0.1, 0.15) is 0 Å². The average molecular weight is 270 g/mol. The van der Waals surface area contributed by atoms with Gasteiger partial charge in [-0.3, -0.25) is 14.5 Å². The second kappa shape index (κ2) is 7.48. The van der Waals surface area contributed by atoms with Crippen molar-refractivity contribution in [2.45, 2.75) is 46.1 Å². The number of likely N-dealkylation sites (tertiary alicyclic amines) is 1. The van der Waals surface area contributed by atoms with Gasteiger partial charge >= 0.3 is 5.97 Å². The molecule has 0 unspecified atom stereocenters. The van der Waals surface area contributed by atoms with Crippen LogP contribution in [0.1, 0.15) is 40.0 Å². The molecule has 5 nitrogen and oxygen atoms in total. The average Bonchev–Trinajstić information content (AvgIpc) is 2.38. The Hall–Kier alpha value is -1.10. The van der Waals surface area contributed by atoms with Crippen molar-refractivity contribution >= 4 is 11.9 Å². The number of rotatable bonds is 6. The molecule has 19 heavy (non-hydrogen) atoms. The van der Waals surface area contributed by atoms with Crippen molar-refractivity contribution in [2.75, 3.05) is 26.2 Å². The minimum Gasteiger partial charge on any atom is -0.481 e. The number of carbonyl (C=O) groups excluding carboxylic acids is 1. The summed E-state index contributed by atoms with van der Waals surface area (Å²) in [5, 5.41) is 8.94. The van der Waals surface area contributed by atoms with Crippen LogP contribution in [0.5, 0.6) is 0 Å². The van der Waals surface area contributed by atoms with Crippen LogP contribution in [-0.2, 0) is 9.59 Å². The second-order valence-corrected chi connectivity index (χ2v) is 5.56. The van der Waals surface area contributed by atoms with Crippen LogP contribution < -0.4 is 0 Å². The van der Waals surface area contributed by atoms with E-state index < -0.39 is 5.97 Å². The van der Waals surface area contributed by atoms with Crippen molar-refractivity contribution < 1.29 is 14.7 Å². The minimum absolute atomic E-state index is 0.131. The maximum Gasteiger partial charge on any atom is 0.306 e. The van der Waals surface area contributed by atoms with E-state index in [0.29, 0.717) is 38.5 Å². The van der Waals surface area contributed by atoms with Gasteiger partial charge in [0.05, 0.1) is 12.5 Å². The van der Waals surface area contributed by atoms with E-state index >= 15 is 0 Å². The van der Waals surface area contributed by atoms with E-state index in [2.05, 4.69) is 25.7 Å². The standard InChI is InChI=1S/C14H26N2O3/c1-4-7-16(11(2)3)10-13(17)15-8-5-12(6-9-15)14(18)19/h11-12H,4-10H2,1-3H3,(H,18,19). The van der Waals surface area contributed by atoms with Crippen molar-refractivity contribution in [1.82, 2.24) is 9.80 Å². The lowest BCUT2D eigenvalue weighted by Gasteiger charge is -2.33. The number of carbonyl (C=O) groups is 2. The smallest absolute Gasteiger partial charge is 0.306 e. The molecule has 0 radical (unpaired) electrons. The van der Waals surface area contributed by atoms with Gasteiger partial charge in [-0.1, -0.05) is 6.92 Å². The Labute approximate surface area is 115 Å². The summed E-state index contributed by atoms with van der Waals surface area (Å²) in [4.78, 5) is 27.1. The molecule has 0 spiro atoms. The maximum atomic E-state index is 12.2. The molecule has 1 amide bonds. The van der Waals surface area contributed by atoms with Gasteiger partial charge in [-0.15, -0.1) is 0 Å². The number of hydrogen-bond acceptors (Lipinski definition) is 3. The van der Waals surface area contributed by atoms with E-state index in [1.807, 2.05) is 4.90 Å². The summed E-state index contributed by atoms with van der Waals surface area (Å²) < 4.78 is 0. The minimum atomic E-state index is -0.734. The number of aliphatic carboxylic acids is 1. The number of piperidine rings is 1. The van der Waals surface area contributed by atoms with E-state index in [4.69, 9.17) is 5.11 Å². The molecular weight excluding hydrogens is 244 g/mol. The van der Waals surface area contributed by atoms with Crippen LogP contribution in [0, 0.1) is 5.92 Å². The molecule has 0 aromatic rings. The molecule has 1 aliphatic rings. The highest BCUT2D eigenvalue weighted by atomic mass is 16.4. The molecule has 0 bridgehead atoms. The van der Waals surface area contributed by atoms with Gasteiger partial charge in [0.15, 0.2) is 0 Å². The van der Waals surface area contributed by atoms with Crippen molar-refractivity contribution in [3.8, 4) is 0 Å². The fourth-order valence-electron chi connectivity index (χ4n) is 2.46. The molecule has 1 heterocycles. The van der Waals surface area contributed by atoms with Crippen molar-refractivity contribution in [1.29, 1.82) is 0 Å². The van der Waals surface area contributed by atoms with E-state index in [1.54, 1.807) is 0 Å². The van der Waals surface area contributed by atoms with Crippen molar-refractivity contribution in [3.05, 3.63) is 0 Å². The molecule has 0 aromatic heterocycles. The summed E-state index contributed by atoms with van der Waals surface area (Å²) >= 11 is 0. The summed E-state index contributed by atoms with van der Waals surface area (Å²) in [7, 11) is 0. The number of amides is 1. The maximum absolute atomic E-state index is 12.2. The molecule has 1 aliphatic heterocycles. The van der Waals surface area contributed by atoms with E-state index in [0.717, 1.165) is 13.0 Å². The molecule has 0 aliphatic carbocycles. The molecule has 1 saturated heterocycles. The second-order valence-electron chi connectivity index (χ2n) is 5.56. The first-order valence-electron chi connectivity index (χ1n) is 7.20. The Morgan fingerprint density at radius 1 is 1.32 bits per heavy atom. The lowest BCUT2D eigenvalue weighted by atomic mass is 9.97. The van der Waals surface area contributed by atoms with Gasteiger partial charge in [0.2, 0.25) is 5.91 Å². The summed E-state index contributed by atoms with van der Waals surface area (Å²) in [5.41, 5.74) is 0. The predicted molar refractivity (Wildman–Crippen MR) is 73.9 cm³/mol. The van der Waals surface area contributed by atoms with Crippen LogP contribution >= 0.6 is 0 Å². The molecule has 0 atom stereocenters. The lowest BCUT2D eigenvalue weighted by Crippen LogP contribution is -2.46. The number of carboxylic acid groups (broad SMARTS) is 1. The quantitative estimate of drug-likeness (QED) is 0.793. The predicted octanol–water partition coefficient (Wildman–Crippen LogP) is 1.43. The van der Waals surface area contributed by atoms with Gasteiger partial charge in [-0.25, -0.2) is 0 Å². The Morgan fingerprint density at radius 2 is 1.89 bits per heavy atom. The highest BCUT2D eigenvalue weighted by molar-refractivity contribution is 5.79. The molecule has 5 heteroatoms. The summed E-state index contributed by atoms with van der Waals surface area (Å²) in [6, 6.07) is 0.362.